The van der Waals surface area contributed by atoms with Crippen LogP contribution >= 0.6 is 0 Å². The average Bonchev–Trinajstić information content (AvgIpc) is 2.59. The van der Waals surface area contributed by atoms with Crippen LogP contribution in [-0.2, 0) is 9.53 Å². The Morgan fingerprint density at radius 1 is 1.32 bits per heavy atom. The van der Waals surface area contributed by atoms with Crippen molar-refractivity contribution in [3.05, 3.63) is 0 Å². The van der Waals surface area contributed by atoms with Gasteiger partial charge in [-0.1, -0.05) is 27.2 Å². The van der Waals surface area contributed by atoms with E-state index in [-0.39, 0.29) is 18.1 Å². The van der Waals surface area contributed by atoms with Crippen LogP contribution < -0.4 is 5.32 Å². The van der Waals surface area contributed by atoms with Crippen LogP contribution in [0.2, 0.25) is 0 Å². The van der Waals surface area contributed by atoms with Gasteiger partial charge in [0.1, 0.15) is 0 Å². The molecule has 1 aliphatic heterocycles. The van der Waals surface area contributed by atoms with Crippen LogP contribution in [0, 0.1) is 5.92 Å². The van der Waals surface area contributed by atoms with Crippen molar-refractivity contribution in [2.24, 2.45) is 5.92 Å². The van der Waals surface area contributed by atoms with Gasteiger partial charge < -0.3 is 9.64 Å². The summed E-state index contributed by atoms with van der Waals surface area (Å²) in [5, 5.41) is 3.38. The van der Waals surface area contributed by atoms with Crippen molar-refractivity contribution in [1.82, 2.24) is 10.2 Å². The number of ether oxygens (including phenoxy) is 1. The lowest BCUT2D eigenvalue weighted by atomic mass is 10.0. The molecule has 0 aromatic heterocycles. The van der Waals surface area contributed by atoms with Crippen molar-refractivity contribution in [3.63, 3.8) is 0 Å². The standard InChI is InChI=1S/C15H30N2O2/c1-5-6-9-19-10-7-8-17-13(4)16-14(15(17)18)11-12(2)3/h12-14,16H,5-11H2,1-4H3. The molecule has 4 nitrogen and oxygen atoms in total. The smallest absolute Gasteiger partial charge is 0.241 e. The number of rotatable bonds is 9. The summed E-state index contributed by atoms with van der Waals surface area (Å²) < 4.78 is 5.54. The molecule has 0 aliphatic carbocycles. The fraction of sp³-hybridized carbons (Fsp3) is 0.933. The van der Waals surface area contributed by atoms with E-state index in [4.69, 9.17) is 4.74 Å². The second kappa shape index (κ2) is 8.54. The van der Waals surface area contributed by atoms with Gasteiger partial charge in [-0.15, -0.1) is 0 Å². The van der Waals surface area contributed by atoms with Gasteiger partial charge in [0.05, 0.1) is 12.2 Å². The number of carbonyl (C=O) groups is 1. The summed E-state index contributed by atoms with van der Waals surface area (Å²) in [7, 11) is 0. The summed E-state index contributed by atoms with van der Waals surface area (Å²) in [5.74, 6) is 0.806. The number of hydrogen-bond acceptors (Lipinski definition) is 3. The average molecular weight is 270 g/mol. The second-order valence-corrected chi connectivity index (χ2v) is 5.88. The molecule has 19 heavy (non-hydrogen) atoms. The summed E-state index contributed by atoms with van der Waals surface area (Å²) in [4.78, 5) is 14.2. The highest BCUT2D eigenvalue weighted by Gasteiger charge is 2.35. The topological polar surface area (TPSA) is 41.6 Å². The molecule has 4 heteroatoms. The zero-order valence-corrected chi connectivity index (χ0v) is 12.9. The summed E-state index contributed by atoms with van der Waals surface area (Å²) in [6.45, 7) is 10.9. The maximum absolute atomic E-state index is 12.2. The van der Waals surface area contributed by atoms with E-state index in [1.54, 1.807) is 0 Å². The summed E-state index contributed by atoms with van der Waals surface area (Å²) in [6, 6.07) is 0.0102. The van der Waals surface area contributed by atoms with Crippen molar-refractivity contribution in [1.29, 1.82) is 0 Å². The third-order valence-electron chi connectivity index (χ3n) is 3.53. The van der Waals surface area contributed by atoms with E-state index in [0.717, 1.165) is 39.0 Å². The molecule has 1 rings (SSSR count). The Kier molecular flexibility index (Phi) is 7.39. The molecule has 1 N–H and O–H groups in total. The summed E-state index contributed by atoms with van der Waals surface area (Å²) in [6.07, 6.45) is 4.30. The Hall–Kier alpha value is -0.610. The molecular weight excluding hydrogens is 240 g/mol. The molecule has 0 spiro atoms. The molecule has 2 unspecified atom stereocenters. The van der Waals surface area contributed by atoms with Crippen LogP contribution in [0.1, 0.15) is 53.4 Å². The Labute approximate surface area is 117 Å². The maximum atomic E-state index is 12.2. The van der Waals surface area contributed by atoms with Crippen LogP contribution in [0.4, 0.5) is 0 Å². The second-order valence-electron chi connectivity index (χ2n) is 5.88. The molecule has 0 aromatic rings. The zero-order chi connectivity index (χ0) is 14.3. The molecule has 0 saturated carbocycles. The number of amides is 1. The minimum atomic E-state index is 0.0102. The van der Waals surface area contributed by atoms with Gasteiger partial charge in [-0.2, -0.15) is 0 Å². The van der Waals surface area contributed by atoms with E-state index < -0.39 is 0 Å². The van der Waals surface area contributed by atoms with Gasteiger partial charge in [0, 0.05) is 19.8 Å². The fourth-order valence-electron chi connectivity index (χ4n) is 2.47. The van der Waals surface area contributed by atoms with Gasteiger partial charge in [0.15, 0.2) is 0 Å². The van der Waals surface area contributed by atoms with Crippen LogP contribution in [0.3, 0.4) is 0 Å². The molecule has 1 aliphatic rings. The highest BCUT2D eigenvalue weighted by atomic mass is 16.5. The Morgan fingerprint density at radius 3 is 2.63 bits per heavy atom. The van der Waals surface area contributed by atoms with Gasteiger partial charge in [-0.3, -0.25) is 10.1 Å². The first-order valence-electron chi connectivity index (χ1n) is 7.70. The highest BCUT2D eigenvalue weighted by Crippen LogP contribution is 2.17. The highest BCUT2D eigenvalue weighted by molar-refractivity contribution is 5.84. The van der Waals surface area contributed by atoms with E-state index in [0.29, 0.717) is 5.92 Å². The lowest BCUT2D eigenvalue weighted by Crippen LogP contribution is -2.35. The monoisotopic (exact) mass is 270 g/mol. The molecule has 2 atom stereocenters. The number of nitrogens with zero attached hydrogens (tertiary/aromatic N) is 1. The first kappa shape index (κ1) is 16.4. The molecule has 0 aromatic carbocycles. The first-order valence-corrected chi connectivity index (χ1v) is 7.70. The molecule has 1 heterocycles. The maximum Gasteiger partial charge on any atom is 0.241 e. The molecule has 1 fully saturated rings. The van der Waals surface area contributed by atoms with Crippen LogP contribution in [0.15, 0.2) is 0 Å². The van der Waals surface area contributed by atoms with Crippen molar-refractivity contribution < 1.29 is 9.53 Å². The van der Waals surface area contributed by atoms with Gasteiger partial charge in [-0.25, -0.2) is 0 Å². The molecule has 0 bridgehead atoms. The Balaban J connectivity index is 2.24. The number of nitrogens with one attached hydrogen (secondary N) is 1. The number of carbonyl (C=O) groups excluding carboxylic acids is 1. The number of hydrogen-bond donors (Lipinski definition) is 1. The van der Waals surface area contributed by atoms with Crippen LogP contribution in [0.5, 0.6) is 0 Å². The Bertz CT molecular complexity index is 269. The minimum Gasteiger partial charge on any atom is -0.381 e. The largest absolute Gasteiger partial charge is 0.381 e. The van der Waals surface area contributed by atoms with E-state index in [9.17, 15) is 4.79 Å². The first-order chi connectivity index (χ1) is 9.06. The normalized spacial score (nSPS) is 23.6. The molecule has 112 valence electrons. The van der Waals surface area contributed by atoms with E-state index >= 15 is 0 Å². The summed E-state index contributed by atoms with van der Waals surface area (Å²) in [5.41, 5.74) is 0. The Morgan fingerprint density at radius 2 is 2.00 bits per heavy atom. The quantitative estimate of drug-likeness (QED) is 0.654. The zero-order valence-electron chi connectivity index (χ0n) is 12.9. The van der Waals surface area contributed by atoms with Gasteiger partial charge in [0.2, 0.25) is 5.91 Å². The van der Waals surface area contributed by atoms with Crippen LogP contribution in [0.25, 0.3) is 0 Å². The van der Waals surface area contributed by atoms with Crippen molar-refractivity contribution in [2.75, 3.05) is 19.8 Å². The van der Waals surface area contributed by atoms with Gasteiger partial charge in [0.25, 0.3) is 0 Å². The lowest BCUT2D eigenvalue weighted by molar-refractivity contribution is -0.130. The minimum absolute atomic E-state index is 0.0102. The molecule has 1 amide bonds. The molecule has 1 saturated heterocycles. The van der Waals surface area contributed by atoms with Crippen molar-refractivity contribution >= 4 is 5.91 Å². The van der Waals surface area contributed by atoms with Gasteiger partial charge >= 0.3 is 0 Å². The van der Waals surface area contributed by atoms with Gasteiger partial charge in [-0.05, 0) is 32.1 Å². The number of unbranched alkanes of at least 4 members (excludes halogenated alkanes) is 1. The fourth-order valence-corrected chi connectivity index (χ4v) is 2.47. The third kappa shape index (κ3) is 5.49. The van der Waals surface area contributed by atoms with Crippen molar-refractivity contribution in [2.45, 2.75) is 65.6 Å². The third-order valence-corrected chi connectivity index (χ3v) is 3.53. The molecule has 0 radical (unpaired) electrons. The molecular formula is C15H30N2O2. The lowest BCUT2D eigenvalue weighted by Gasteiger charge is -2.20. The van der Waals surface area contributed by atoms with E-state index in [1.165, 1.54) is 6.42 Å². The SMILES string of the molecule is CCCCOCCCN1C(=O)C(CC(C)C)NC1C. The van der Waals surface area contributed by atoms with E-state index in [2.05, 4.69) is 33.0 Å². The van der Waals surface area contributed by atoms with E-state index in [1.807, 2.05) is 4.90 Å². The predicted molar refractivity (Wildman–Crippen MR) is 77.9 cm³/mol. The summed E-state index contributed by atoms with van der Waals surface area (Å²) >= 11 is 0. The predicted octanol–water partition coefficient (Wildman–Crippen LogP) is 2.39. The van der Waals surface area contributed by atoms with Crippen molar-refractivity contribution in [3.8, 4) is 0 Å². The van der Waals surface area contributed by atoms with Crippen LogP contribution in [-0.4, -0.2) is 42.8 Å².